The molecule has 0 aromatic heterocycles. The lowest BCUT2D eigenvalue weighted by molar-refractivity contribution is 0.196. The van der Waals surface area contributed by atoms with Crippen LogP contribution in [0.1, 0.15) is 18.6 Å². The first kappa shape index (κ1) is 11.4. The van der Waals surface area contributed by atoms with E-state index in [9.17, 15) is 5.11 Å². The molecule has 2 nitrogen and oxygen atoms in total. The van der Waals surface area contributed by atoms with Gasteiger partial charge < -0.3 is 9.84 Å². The highest BCUT2D eigenvalue weighted by molar-refractivity contribution is 9.10. The summed E-state index contributed by atoms with van der Waals surface area (Å²) in [7, 11) is 1.62. The van der Waals surface area contributed by atoms with E-state index < -0.39 is 6.10 Å². The van der Waals surface area contributed by atoms with Crippen LogP contribution in [0.4, 0.5) is 0 Å². The maximum absolute atomic E-state index is 9.81. The van der Waals surface area contributed by atoms with Crippen molar-refractivity contribution >= 4 is 26.7 Å². The molecule has 0 heterocycles. The minimum atomic E-state index is -0.542. The van der Waals surface area contributed by atoms with Gasteiger partial charge in [-0.25, -0.2) is 0 Å². The number of benzene rings is 2. The van der Waals surface area contributed by atoms with E-state index in [4.69, 9.17) is 4.74 Å². The van der Waals surface area contributed by atoms with Crippen molar-refractivity contribution in [3.05, 3.63) is 40.4 Å². The van der Waals surface area contributed by atoms with Crippen molar-refractivity contribution in [3.8, 4) is 5.75 Å². The molecule has 0 bridgehead atoms. The molecule has 0 fully saturated rings. The third-order valence-electron chi connectivity index (χ3n) is 2.62. The van der Waals surface area contributed by atoms with Crippen LogP contribution in [0.2, 0.25) is 0 Å². The lowest BCUT2D eigenvalue weighted by atomic mass is 10.00. The van der Waals surface area contributed by atoms with Crippen LogP contribution in [-0.4, -0.2) is 12.2 Å². The molecular weight excluding hydrogens is 268 g/mol. The van der Waals surface area contributed by atoms with E-state index in [1.165, 1.54) is 0 Å². The van der Waals surface area contributed by atoms with Gasteiger partial charge in [0.1, 0.15) is 5.75 Å². The normalized spacial score (nSPS) is 12.8. The molecule has 2 rings (SSSR count). The summed E-state index contributed by atoms with van der Waals surface area (Å²) in [6, 6.07) is 9.86. The highest BCUT2D eigenvalue weighted by Crippen LogP contribution is 2.33. The molecule has 0 aliphatic heterocycles. The van der Waals surface area contributed by atoms with Crippen LogP contribution in [0, 0.1) is 0 Å². The number of methoxy groups -OCH3 is 1. The number of hydrogen-bond acceptors (Lipinski definition) is 2. The van der Waals surface area contributed by atoms with Crippen LogP contribution < -0.4 is 4.74 Å². The molecule has 84 valence electrons. The summed E-state index contributed by atoms with van der Waals surface area (Å²) in [5, 5.41) is 11.9. The van der Waals surface area contributed by atoms with Crippen LogP contribution in [0.3, 0.4) is 0 Å². The number of aliphatic hydroxyl groups excluding tert-OH is 1. The van der Waals surface area contributed by atoms with E-state index in [0.29, 0.717) is 0 Å². The molecule has 16 heavy (non-hydrogen) atoms. The molecule has 3 heteroatoms. The molecule has 0 saturated carbocycles. The molecule has 0 spiro atoms. The van der Waals surface area contributed by atoms with Gasteiger partial charge in [0.15, 0.2) is 0 Å². The van der Waals surface area contributed by atoms with Gasteiger partial charge in [0.05, 0.1) is 13.2 Å². The monoisotopic (exact) mass is 280 g/mol. The van der Waals surface area contributed by atoms with E-state index in [1.54, 1.807) is 14.0 Å². The number of halogens is 1. The minimum absolute atomic E-state index is 0.542. The highest BCUT2D eigenvalue weighted by Gasteiger charge is 2.12. The molecule has 2 aromatic carbocycles. The first-order valence-electron chi connectivity index (χ1n) is 5.07. The van der Waals surface area contributed by atoms with Crippen LogP contribution in [-0.2, 0) is 0 Å². The fourth-order valence-electron chi connectivity index (χ4n) is 1.91. The highest BCUT2D eigenvalue weighted by atomic mass is 79.9. The summed E-state index contributed by atoms with van der Waals surface area (Å²) in [5.74, 6) is 0.727. The van der Waals surface area contributed by atoms with E-state index in [-0.39, 0.29) is 0 Å². The number of fused-ring (bicyclic) bond motifs is 1. The Morgan fingerprint density at radius 2 is 2.00 bits per heavy atom. The summed E-state index contributed by atoms with van der Waals surface area (Å²) in [6.07, 6.45) is -0.542. The van der Waals surface area contributed by atoms with Gasteiger partial charge in [-0.05, 0) is 35.9 Å². The van der Waals surface area contributed by atoms with E-state index in [1.807, 2.05) is 30.3 Å². The average Bonchev–Trinajstić information content (AvgIpc) is 2.26. The Morgan fingerprint density at radius 3 is 2.62 bits per heavy atom. The van der Waals surface area contributed by atoms with Crippen LogP contribution in [0.25, 0.3) is 10.8 Å². The van der Waals surface area contributed by atoms with E-state index in [2.05, 4.69) is 15.9 Å². The van der Waals surface area contributed by atoms with Gasteiger partial charge in [0, 0.05) is 10.0 Å². The molecule has 0 aliphatic rings. The second-order valence-corrected chi connectivity index (χ2v) is 4.64. The molecule has 1 atom stereocenters. The zero-order valence-corrected chi connectivity index (χ0v) is 10.8. The fraction of sp³-hybridized carbons (Fsp3) is 0.231. The largest absolute Gasteiger partial charge is 0.496 e. The molecule has 0 radical (unpaired) electrons. The third kappa shape index (κ3) is 1.93. The van der Waals surface area contributed by atoms with Gasteiger partial charge in [0.25, 0.3) is 0 Å². The van der Waals surface area contributed by atoms with Crippen molar-refractivity contribution in [1.82, 2.24) is 0 Å². The summed E-state index contributed by atoms with van der Waals surface area (Å²) in [5.41, 5.74) is 0.840. The van der Waals surface area contributed by atoms with Gasteiger partial charge in [0.2, 0.25) is 0 Å². The summed E-state index contributed by atoms with van der Waals surface area (Å²) in [6.45, 7) is 1.75. The quantitative estimate of drug-likeness (QED) is 0.910. The Balaban J connectivity index is 2.79. The second-order valence-electron chi connectivity index (χ2n) is 3.72. The van der Waals surface area contributed by atoms with Crippen molar-refractivity contribution in [1.29, 1.82) is 0 Å². The zero-order chi connectivity index (χ0) is 11.7. The Morgan fingerprint density at radius 1 is 1.25 bits per heavy atom. The van der Waals surface area contributed by atoms with Gasteiger partial charge in [-0.15, -0.1) is 0 Å². The standard InChI is InChI=1S/C13H13BrO2/c1-8(15)13-11-5-4-10(14)7-9(11)3-6-12(13)16-2/h3-8,15H,1-2H3. The Labute approximate surface area is 103 Å². The molecule has 2 aromatic rings. The van der Waals surface area contributed by atoms with E-state index in [0.717, 1.165) is 26.6 Å². The molecule has 0 saturated heterocycles. The third-order valence-corrected chi connectivity index (χ3v) is 3.11. The van der Waals surface area contributed by atoms with Gasteiger partial charge >= 0.3 is 0 Å². The van der Waals surface area contributed by atoms with Crippen molar-refractivity contribution in [2.75, 3.05) is 7.11 Å². The predicted octanol–water partition coefficient (Wildman–Crippen LogP) is 3.66. The predicted molar refractivity (Wildman–Crippen MR) is 68.8 cm³/mol. The average molecular weight is 281 g/mol. The molecule has 0 aliphatic carbocycles. The number of rotatable bonds is 2. The molecule has 1 unspecified atom stereocenters. The van der Waals surface area contributed by atoms with Gasteiger partial charge in [-0.3, -0.25) is 0 Å². The second kappa shape index (κ2) is 4.44. The number of aliphatic hydroxyl groups is 1. The summed E-state index contributed by atoms with van der Waals surface area (Å²) in [4.78, 5) is 0. The maximum Gasteiger partial charge on any atom is 0.125 e. The van der Waals surface area contributed by atoms with Crippen LogP contribution >= 0.6 is 15.9 Å². The smallest absolute Gasteiger partial charge is 0.125 e. The number of hydrogen-bond donors (Lipinski definition) is 1. The Kier molecular flexibility index (Phi) is 3.17. The minimum Gasteiger partial charge on any atom is -0.496 e. The lowest BCUT2D eigenvalue weighted by Gasteiger charge is -2.14. The molecule has 1 N–H and O–H groups in total. The summed E-state index contributed by atoms with van der Waals surface area (Å²) >= 11 is 3.44. The van der Waals surface area contributed by atoms with Crippen molar-refractivity contribution in [2.45, 2.75) is 13.0 Å². The Bertz CT molecular complexity index is 521. The Hall–Kier alpha value is -1.06. The van der Waals surface area contributed by atoms with Gasteiger partial charge in [-0.2, -0.15) is 0 Å². The van der Waals surface area contributed by atoms with Crippen LogP contribution in [0.15, 0.2) is 34.8 Å². The van der Waals surface area contributed by atoms with E-state index >= 15 is 0 Å². The topological polar surface area (TPSA) is 29.5 Å². The van der Waals surface area contributed by atoms with Crippen molar-refractivity contribution < 1.29 is 9.84 Å². The molecular formula is C13H13BrO2. The first-order chi connectivity index (χ1) is 7.63. The maximum atomic E-state index is 9.81. The molecule has 0 amide bonds. The fourth-order valence-corrected chi connectivity index (χ4v) is 2.29. The van der Waals surface area contributed by atoms with Gasteiger partial charge in [-0.1, -0.05) is 28.1 Å². The van der Waals surface area contributed by atoms with Crippen molar-refractivity contribution in [2.24, 2.45) is 0 Å². The zero-order valence-electron chi connectivity index (χ0n) is 9.20. The number of ether oxygens (including phenoxy) is 1. The van der Waals surface area contributed by atoms with Crippen LogP contribution in [0.5, 0.6) is 5.75 Å². The SMILES string of the molecule is COc1ccc2cc(Br)ccc2c1C(C)O. The lowest BCUT2D eigenvalue weighted by Crippen LogP contribution is -1.97. The summed E-state index contributed by atoms with van der Waals surface area (Å²) < 4.78 is 6.30. The first-order valence-corrected chi connectivity index (χ1v) is 5.87. The van der Waals surface area contributed by atoms with Crippen molar-refractivity contribution in [3.63, 3.8) is 0 Å².